The number of para-hydroxylation sites is 1. The number of rotatable bonds is 8. The van der Waals surface area contributed by atoms with Gasteiger partial charge in [-0.1, -0.05) is 12.1 Å². The fourth-order valence-electron chi connectivity index (χ4n) is 1.70. The topological polar surface area (TPSA) is 84.9 Å². The van der Waals surface area contributed by atoms with Crippen molar-refractivity contribution in [2.75, 3.05) is 20.3 Å². The predicted octanol–water partition coefficient (Wildman–Crippen LogP) is 1.39. The minimum atomic E-state index is -3.86. The first-order chi connectivity index (χ1) is 10.3. The molecule has 6 nitrogen and oxygen atoms in total. The lowest BCUT2D eigenvalue weighted by Crippen LogP contribution is -2.44. The molecule has 0 spiro atoms. The molecular weight excluding hydrogens is 300 g/mol. The monoisotopic (exact) mass is 317 g/mol. The Hall–Kier alpha value is -2.22. The number of hydrogen-bond donors (Lipinski definition) is 2. The molecule has 0 aliphatic heterocycles. The van der Waals surface area contributed by atoms with Crippen LogP contribution in [0.25, 0.3) is 0 Å². The van der Waals surface area contributed by atoms with Gasteiger partial charge in [0.2, 0.25) is 0 Å². The van der Waals surface area contributed by atoms with Crippen molar-refractivity contribution in [1.82, 2.24) is 5.32 Å². The summed E-state index contributed by atoms with van der Waals surface area (Å²) < 4.78 is 38.1. The van der Waals surface area contributed by atoms with Crippen LogP contribution in [-0.2, 0) is 20.2 Å². The lowest BCUT2D eigenvalue weighted by Gasteiger charge is -2.20. The van der Waals surface area contributed by atoms with E-state index in [1.165, 1.54) is 18.2 Å². The molecule has 0 aliphatic rings. The van der Waals surface area contributed by atoms with Gasteiger partial charge >= 0.3 is 11.9 Å². The molecule has 0 saturated carbocycles. The van der Waals surface area contributed by atoms with E-state index >= 15 is 0 Å². The number of aliphatic carboxylic acids is 1. The summed E-state index contributed by atoms with van der Waals surface area (Å²) in [7, 11) is 1.10. The molecule has 1 aromatic carbocycles. The number of carboxylic acids is 1. The third kappa shape index (κ3) is 4.14. The number of methoxy groups -OCH3 is 1. The third-order valence-electron chi connectivity index (χ3n) is 2.82. The summed E-state index contributed by atoms with van der Waals surface area (Å²) in [6, 6.07) is 5.27. The number of alkyl halides is 2. The van der Waals surface area contributed by atoms with E-state index in [9.17, 15) is 18.4 Å². The number of ether oxygens (including phenoxy) is 2. The molecule has 0 saturated heterocycles. The van der Waals surface area contributed by atoms with E-state index < -0.39 is 36.0 Å². The van der Waals surface area contributed by atoms with Crippen molar-refractivity contribution < 1.29 is 33.0 Å². The molecule has 0 fully saturated rings. The molecule has 0 bridgehead atoms. The molecule has 0 aromatic heterocycles. The van der Waals surface area contributed by atoms with Crippen LogP contribution < -0.4 is 10.1 Å². The molecule has 1 unspecified atom stereocenters. The SMILES string of the molecule is CCOc1ccccc1C(F)(F)C(=O)NCC(OC)C(=O)O. The predicted molar refractivity (Wildman–Crippen MR) is 72.9 cm³/mol. The molecule has 0 radical (unpaired) electrons. The highest BCUT2D eigenvalue weighted by Crippen LogP contribution is 2.35. The van der Waals surface area contributed by atoms with E-state index in [2.05, 4.69) is 4.74 Å². The first kappa shape index (κ1) is 17.8. The Morgan fingerprint density at radius 3 is 2.55 bits per heavy atom. The second-order valence-electron chi connectivity index (χ2n) is 4.28. The highest BCUT2D eigenvalue weighted by atomic mass is 19.3. The standard InChI is InChI=1S/C14H17F2NO5/c1-3-22-10-7-5-4-6-9(10)14(15,16)13(20)17-8-11(21-2)12(18)19/h4-7,11H,3,8H2,1-2H3,(H,17,20)(H,18,19). The van der Waals surface area contributed by atoms with Crippen LogP contribution in [0.3, 0.4) is 0 Å². The van der Waals surface area contributed by atoms with E-state index in [4.69, 9.17) is 9.84 Å². The number of hydrogen-bond acceptors (Lipinski definition) is 4. The summed E-state index contributed by atoms with van der Waals surface area (Å²) in [5.41, 5.74) is -0.585. The zero-order valence-electron chi connectivity index (χ0n) is 12.1. The number of carbonyl (C=O) groups is 2. The van der Waals surface area contributed by atoms with Gasteiger partial charge in [-0.05, 0) is 19.1 Å². The maximum atomic E-state index is 14.2. The lowest BCUT2D eigenvalue weighted by molar-refractivity contribution is -0.151. The highest BCUT2D eigenvalue weighted by Gasteiger charge is 2.43. The number of carboxylic acid groups (broad SMARTS) is 1. The van der Waals surface area contributed by atoms with Gasteiger partial charge in [0, 0.05) is 7.11 Å². The lowest BCUT2D eigenvalue weighted by atomic mass is 10.1. The average molecular weight is 317 g/mol. The van der Waals surface area contributed by atoms with Gasteiger partial charge in [0.25, 0.3) is 5.91 Å². The molecule has 1 atom stereocenters. The number of halogens is 2. The Morgan fingerprint density at radius 1 is 1.36 bits per heavy atom. The van der Waals surface area contributed by atoms with E-state index in [-0.39, 0.29) is 12.4 Å². The maximum Gasteiger partial charge on any atom is 0.353 e. The highest BCUT2D eigenvalue weighted by molar-refractivity contribution is 5.86. The van der Waals surface area contributed by atoms with Crippen molar-refractivity contribution in [2.45, 2.75) is 19.0 Å². The van der Waals surface area contributed by atoms with Crippen molar-refractivity contribution in [2.24, 2.45) is 0 Å². The molecule has 8 heteroatoms. The van der Waals surface area contributed by atoms with Crippen LogP contribution in [0.4, 0.5) is 8.78 Å². The van der Waals surface area contributed by atoms with E-state index in [1.54, 1.807) is 6.92 Å². The van der Waals surface area contributed by atoms with Crippen LogP contribution in [0, 0.1) is 0 Å². The van der Waals surface area contributed by atoms with Gasteiger partial charge < -0.3 is 19.9 Å². The van der Waals surface area contributed by atoms with Gasteiger partial charge in [0.1, 0.15) is 5.75 Å². The van der Waals surface area contributed by atoms with Crippen LogP contribution in [0.1, 0.15) is 12.5 Å². The first-order valence-electron chi connectivity index (χ1n) is 6.48. The third-order valence-corrected chi connectivity index (χ3v) is 2.82. The Morgan fingerprint density at radius 2 is 2.00 bits per heavy atom. The van der Waals surface area contributed by atoms with E-state index in [0.717, 1.165) is 13.2 Å². The van der Waals surface area contributed by atoms with Gasteiger partial charge in [-0.15, -0.1) is 0 Å². The molecule has 2 N–H and O–H groups in total. The van der Waals surface area contributed by atoms with E-state index in [0.29, 0.717) is 0 Å². The van der Waals surface area contributed by atoms with Crippen molar-refractivity contribution in [3.8, 4) is 5.75 Å². The minimum absolute atomic E-state index is 0.105. The quantitative estimate of drug-likeness (QED) is 0.757. The number of amides is 1. The molecule has 122 valence electrons. The molecule has 0 aliphatic carbocycles. The second-order valence-corrected chi connectivity index (χ2v) is 4.28. The van der Waals surface area contributed by atoms with Gasteiger partial charge in [-0.3, -0.25) is 4.79 Å². The summed E-state index contributed by atoms with van der Waals surface area (Å²) in [6.07, 6.45) is -1.40. The summed E-state index contributed by atoms with van der Waals surface area (Å²) in [5.74, 6) is -6.95. The average Bonchev–Trinajstić information content (AvgIpc) is 2.48. The molecule has 22 heavy (non-hydrogen) atoms. The molecule has 1 amide bonds. The van der Waals surface area contributed by atoms with Crippen molar-refractivity contribution in [3.63, 3.8) is 0 Å². The fourth-order valence-corrected chi connectivity index (χ4v) is 1.70. The van der Waals surface area contributed by atoms with Gasteiger partial charge in [0.05, 0.1) is 18.7 Å². The molecule has 1 rings (SSSR count). The van der Waals surface area contributed by atoms with E-state index in [1.807, 2.05) is 5.32 Å². The Labute approximate surface area is 126 Å². The Balaban J connectivity index is 2.89. The van der Waals surface area contributed by atoms with Crippen molar-refractivity contribution >= 4 is 11.9 Å². The zero-order chi connectivity index (χ0) is 16.8. The van der Waals surface area contributed by atoms with Gasteiger partial charge in [0.15, 0.2) is 6.10 Å². The second kappa shape index (κ2) is 7.69. The summed E-state index contributed by atoms with van der Waals surface area (Å²) in [5, 5.41) is 10.6. The Bertz CT molecular complexity index is 536. The largest absolute Gasteiger partial charge is 0.493 e. The summed E-state index contributed by atoms with van der Waals surface area (Å²) in [6.45, 7) is 1.22. The van der Waals surface area contributed by atoms with Gasteiger partial charge in [-0.2, -0.15) is 8.78 Å². The van der Waals surface area contributed by atoms with Crippen LogP contribution in [0.15, 0.2) is 24.3 Å². The Kier molecular flexibility index (Phi) is 6.24. The summed E-state index contributed by atoms with van der Waals surface area (Å²) in [4.78, 5) is 22.4. The first-order valence-corrected chi connectivity index (χ1v) is 6.48. The van der Waals surface area contributed by atoms with Crippen LogP contribution in [0.5, 0.6) is 5.75 Å². The smallest absolute Gasteiger partial charge is 0.353 e. The molecule has 0 heterocycles. The molecule has 1 aromatic rings. The van der Waals surface area contributed by atoms with Crippen LogP contribution >= 0.6 is 0 Å². The number of benzene rings is 1. The van der Waals surface area contributed by atoms with Crippen molar-refractivity contribution in [1.29, 1.82) is 0 Å². The minimum Gasteiger partial charge on any atom is -0.493 e. The number of carbonyl (C=O) groups excluding carboxylic acids is 1. The molecular formula is C14H17F2NO5. The number of nitrogens with one attached hydrogen (secondary N) is 1. The van der Waals surface area contributed by atoms with Crippen LogP contribution in [-0.4, -0.2) is 43.3 Å². The van der Waals surface area contributed by atoms with Gasteiger partial charge in [-0.25, -0.2) is 4.79 Å². The van der Waals surface area contributed by atoms with Crippen LogP contribution in [0.2, 0.25) is 0 Å². The zero-order valence-corrected chi connectivity index (χ0v) is 12.1. The fraction of sp³-hybridized carbons (Fsp3) is 0.429. The van der Waals surface area contributed by atoms with Crippen molar-refractivity contribution in [3.05, 3.63) is 29.8 Å². The normalized spacial score (nSPS) is 12.5. The summed E-state index contributed by atoms with van der Waals surface area (Å²) >= 11 is 0. The maximum absolute atomic E-state index is 14.2.